The van der Waals surface area contributed by atoms with E-state index in [-0.39, 0.29) is 5.09 Å². The quantitative estimate of drug-likeness (QED) is 0.744. The standard InChI is InChI=1S/C12H22N4O3S/c1-15-5-6-16(2)10(9-15)7-14-8-11-3-4-12(19-11)20(13,17)18/h3-4,10,14H,5-9H2,1-2H3,(H2,13,17,18). The number of piperazine rings is 1. The summed E-state index contributed by atoms with van der Waals surface area (Å²) in [5.41, 5.74) is 0. The normalized spacial score (nSPS) is 22.2. The van der Waals surface area contributed by atoms with Crippen LogP contribution in [-0.4, -0.2) is 64.5 Å². The first-order valence-electron chi connectivity index (χ1n) is 6.57. The topological polar surface area (TPSA) is 91.8 Å². The Labute approximate surface area is 119 Å². The highest BCUT2D eigenvalue weighted by molar-refractivity contribution is 7.89. The van der Waals surface area contributed by atoms with Gasteiger partial charge in [-0.15, -0.1) is 0 Å². The van der Waals surface area contributed by atoms with Gasteiger partial charge in [0.15, 0.2) is 0 Å². The van der Waals surface area contributed by atoms with Crippen molar-refractivity contribution in [2.75, 3.05) is 40.3 Å². The van der Waals surface area contributed by atoms with Crippen molar-refractivity contribution in [3.63, 3.8) is 0 Å². The Kier molecular flexibility index (Phi) is 4.82. The Morgan fingerprint density at radius 3 is 2.80 bits per heavy atom. The highest BCUT2D eigenvalue weighted by Gasteiger charge is 2.21. The van der Waals surface area contributed by atoms with Crippen molar-refractivity contribution >= 4 is 10.0 Å². The molecule has 8 heteroatoms. The van der Waals surface area contributed by atoms with Crippen LogP contribution in [0.25, 0.3) is 0 Å². The van der Waals surface area contributed by atoms with Gasteiger partial charge >= 0.3 is 0 Å². The van der Waals surface area contributed by atoms with Crippen LogP contribution in [0.3, 0.4) is 0 Å². The predicted octanol–water partition coefficient (Wildman–Crippen LogP) is -0.738. The van der Waals surface area contributed by atoms with E-state index in [0.717, 1.165) is 26.2 Å². The lowest BCUT2D eigenvalue weighted by Gasteiger charge is -2.37. The van der Waals surface area contributed by atoms with Crippen LogP contribution in [0.4, 0.5) is 0 Å². The van der Waals surface area contributed by atoms with Crippen LogP contribution < -0.4 is 10.5 Å². The fourth-order valence-corrected chi connectivity index (χ4v) is 2.77. The Hall–Kier alpha value is -0.930. The molecule has 2 heterocycles. The van der Waals surface area contributed by atoms with Crippen molar-refractivity contribution in [1.29, 1.82) is 0 Å². The summed E-state index contributed by atoms with van der Waals surface area (Å²) in [4.78, 5) is 4.63. The Bertz CT molecular complexity index is 543. The van der Waals surface area contributed by atoms with Crippen molar-refractivity contribution < 1.29 is 12.8 Å². The minimum atomic E-state index is -3.75. The van der Waals surface area contributed by atoms with E-state index in [1.54, 1.807) is 6.07 Å². The molecular formula is C12H22N4O3S. The summed E-state index contributed by atoms with van der Waals surface area (Å²) in [5.74, 6) is 0.570. The zero-order valence-electron chi connectivity index (χ0n) is 11.9. The van der Waals surface area contributed by atoms with Gasteiger partial charge in [-0.1, -0.05) is 0 Å². The Morgan fingerprint density at radius 1 is 1.40 bits per heavy atom. The third kappa shape index (κ3) is 4.03. The molecule has 1 aliphatic heterocycles. The number of rotatable bonds is 5. The maximum Gasteiger partial charge on any atom is 0.271 e. The van der Waals surface area contributed by atoms with Crippen LogP contribution in [0, 0.1) is 0 Å². The van der Waals surface area contributed by atoms with E-state index in [1.165, 1.54) is 6.07 Å². The number of hydrogen-bond acceptors (Lipinski definition) is 6. The average molecular weight is 302 g/mol. The van der Waals surface area contributed by atoms with E-state index in [1.807, 2.05) is 0 Å². The van der Waals surface area contributed by atoms with Crippen LogP contribution in [0.15, 0.2) is 21.6 Å². The number of nitrogens with two attached hydrogens (primary N) is 1. The average Bonchev–Trinajstić information content (AvgIpc) is 2.82. The highest BCUT2D eigenvalue weighted by atomic mass is 32.2. The number of furan rings is 1. The molecule has 1 aliphatic rings. The summed E-state index contributed by atoms with van der Waals surface area (Å²) in [6.45, 7) is 4.47. The molecular weight excluding hydrogens is 280 g/mol. The molecule has 1 unspecified atom stereocenters. The fraction of sp³-hybridized carbons (Fsp3) is 0.667. The van der Waals surface area contributed by atoms with E-state index < -0.39 is 10.0 Å². The second-order valence-electron chi connectivity index (χ2n) is 5.29. The van der Waals surface area contributed by atoms with Gasteiger partial charge in [0.2, 0.25) is 5.09 Å². The van der Waals surface area contributed by atoms with Gasteiger partial charge in [-0.3, -0.25) is 4.90 Å². The molecule has 0 amide bonds. The molecule has 1 atom stereocenters. The van der Waals surface area contributed by atoms with E-state index >= 15 is 0 Å². The lowest BCUT2D eigenvalue weighted by molar-refractivity contribution is 0.113. The largest absolute Gasteiger partial charge is 0.447 e. The van der Waals surface area contributed by atoms with Gasteiger partial charge in [0, 0.05) is 32.2 Å². The number of likely N-dealkylation sites (N-methyl/N-ethyl adjacent to an activating group) is 2. The molecule has 1 saturated heterocycles. The van der Waals surface area contributed by atoms with Crippen molar-refractivity contribution in [2.24, 2.45) is 5.14 Å². The zero-order valence-corrected chi connectivity index (χ0v) is 12.7. The monoisotopic (exact) mass is 302 g/mol. The molecule has 1 fully saturated rings. The smallest absolute Gasteiger partial charge is 0.271 e. The van der Waals surface area contributed by atoms with Gasteiger partial charge < -0.3 is 14.6 Å². The molecule has 0 aromatic carbocycles. The second-order valence-corrected chi connectivity index (χ2v) is 6.79. The number of primary sulfonamides is 1. The first-order valence-corrected chi connectivity index (χ1v) is 8.12. The molecule has 2 rings (SSSR count). The van der Waals surface area contributed by atoms with E-state index in [9.17, 15) is 8.42 Å². The lowest BCUT2D eigenvalue weighted by atomic mass is 10.2. The third-order valence-corrected chi connectivity index (χ3v) is 4.36. The summed E-state index contributed by atoms with van der Waals surface area (Å²) >= 11 is 0. The van der Waals surface area contributed by atoms with E-state index in [4.69, 9.17) is 9.56 Å². The third-order valence-electron chi connectivity index (χ3n) is 3.58. The number of sulfonamides is 1. The van der Waals surface area contributed by atoms with Gasteiger partial charge in [-0.05, 0) is 26.2 Å². The molecule has 0 aliphatic carbocycles. The fourth-order valence-electron chi connectivity index (χ4n) is 2.29. The van der Waals surface area contributed by atoms with Gasteiger partial charge in [0.05, 0.1) is 6.54 Å². The van der Waals surface area contributed by atoms with Crippen LogP contribution in [-0.2, 0) is 16.6 Å². The van der Waals surface area contributed by atoms with Crippen LogP contribution in [0.2, 0.25) is 0 Å². The molecule has 0 spiro atoms. The van der Waals surface area contributed by atoms with Crippen molar-refractivity contribution in [3.8, 4) is 0 Å². The molecule has 20 heavy (non-hydrogen) atoms. The SMILES string of the molecule is CN1CCN(C)C(CNCc2ccc(S(N)(=O)=O)o2)C1. The van der Waals surface area contributed by atoms with Gasteiger partial charge in [0.1, 0.15) is 5.76 Å². The molecule has 0 radical (unpaired) electrons. The van der Waals surface area contributed by atoms with Gasteiger partial charge in [0.25, 0.3) is 10.0 Å². The molecule has 3 N–H and O–H groups in total. The molecule has 114 valence electrons. The minimum Gasteiger partial charge on any atom is -0.447 e. The van der Waals surface area contributed by atoms with E-state index in [2.05, 4.69) is 29.2 Å². The summed E-state index contributed by atoms with van der Waals surface area (Å²) in [6, 6.07) is 3.46. The first-order chi connectivity index (χ1) is 9.36. The maximum atomic E-state index is 11.1. The zero-order chi connectivity index (χ0) is 14.8. The van der Waals surface area contributed by atoms with Crippen molar-refractivity contribution in [2.45, 2.75) is 17.7 Å². The summed E-state index contributed by atoms with van der Waals surface area (Å²) in [7, 11) is 0.479. The summed E-state index contributed by atoms with van der Waals surface area (Å²) in [6.07, 6.45) is 0. The van der Waals surface area contributed by atoms with Gasteiger partial charge in [-0.25, -0.2) is 13.6 Å². The number of nitrogens with one attached hydrogen (secondary N) is 1. The van der Waals surface area contributed by atoms with Crippen LogP contribution in [0.1, 0.15) is 5.76 Å². The number of nitrogens with zero attached hydrogens (tertiary/aromatic N) is 2. The highest BCUT2D eigenvalue weighted by Crippen LogP contribution is 2.12. The second kappa shape index (κ2) is 6.23. The van der Waals surface area contributed by atoms with Crippen molar-refractivity contribution in [1.82, 2.24) is 15.1 Å². The van der Waals surface area contributed by atoms with Crippen molar-refractivity contribution in [3.05, 3.63) is 17.9 Å². The molecule has 7 nitrogen and oxygen atoms in total. The summed E-state index contributed by atoms with van der Waals surface area (Å²) < 4.78 is 27.4. The molecule has 0 saturated carbocycles. The molecule has 1 aromatic heterocycles. The maximum absolute atomic E-state index is 11.1. The van der Waals surface area contributed by atoms with Gasteiger partial charge in [-0.2, -0.15) is 0 Å². The molecule has 1 aromatic rings. The van der Waals surface area contributed by atoms with E-state index in [0.29, 0.717) is 18.3 Å². The van der Waals surface area contributed by atoms with Crippen LogP contribution in [0.5, 0.6) is 0 Å². The summed E-state index contributed by atoms with van der Waals surface area (Å²) in [5, 5.41) is 8.09. The Morgan fingerprint density at radius 2 is 2.15 bits per heavy atom. The number of hydrogen-bond donors (Lipinski definition) is 2. The predicted molar refractivity (Wildman–Crippen MR) is 75.7 cm³/mol. The molecule has 0 bridgehead atoms. The minimum absolute atomic E-state index is 0.191. The Balaban J connectivity index is 1.82. The lowest BCUT2D eigenvalue weighted by Crippen LogP contribution is -2.53. The first kappa shape index (κ1) is 15.5. The van der Waals surface area contributed by atoms with Crippen LogP contribution >= 0.6 is 0 Å².